The Morgan fingerprint density at radius 1 is 0.938 bits per heavy atom. The van der Waals surface area contributed by atoms with Crippen LogP contribution < -0.4 is 16.2 Å². The van der Waals surface area contributed by atoms with Gasteiger partial charge in [-0.1, -0.05) is 40.2 Å². The van der Waals surface area contributed by atoms with Crippen LogP contribution in [0.4, 0.5) is 5.69 Å². The zero-order valence-electron chi connectivity index (χ0n) is 16.7. The fourth-order valence-electron chi connectivity index (χ4n) is 3.14. The van der Waals surface area contributed by atoms with Crippen molar-refractivity contribution < 1.29 is 23.1 Å². The number of primary sulfonamides is 1. The van der Waals surface area contributed by atoms with E-state index < -0.39 is 21.8 Å². The Kier molecular flexibility index (Phi) is 7.09. The van der Waals surface area contributed by atoms with Gasteiger partial charge in [-0.2, -0.15) is 0 Å². The van der Waals surface area contributed by atoms with Crippen molar-refractivity contribution >= 4 is 43.5 Å². The second-order valence-corrected chi connectivity index (χ2v) is 9.39. The van der Waals surface area contributed by atoms with Gasteiger partial charge in [0.2, 0.25) is 15.9 Å². The number of nitrogens with one attached hydrogen (secondary N) is 1. The topological polar surface area (TPSA) is 153 Å². The van der Waals surface area contributed by atoms with Crippen molar-refractivity contribution in [3.63, 3.8) is 0 Å². The Bertz CT molecular complexity index is 1270. The molecule has 0 fully saturated rings. The van der Waals surface area contributed by atoms with Gasteiger partial charge >= 0.3 is 0 Å². The first-order chi connectivity index (χ1) is 15.1. The number of aliphatic hydroxyl groups is 1. The normalized spacial score (nSPS) is 11.2. The van der Waals surface area contributed by atoms with Gasteiger partial charge < -0.3 is 16.2 Å². The summed E-state index contributed by atoms with van der Waals surface area (Å²) in [4.78, 5) is 24.4. The summed E-state index contributed by atoms with van der Waals surface area (Å²) < 4.78 is 24.1. The SMILES string of the molecule is NC(=O)c1cc(-c2ccc(Br)cc2)cc(-c2ccc(S(N)(=O)=O)cc2)c1NC(=O)CCO. The molecule has 0 atom stereocenters. The summed E-state index contributed by atoms with van der Waals surface area (Å²) in [6.07, 6.45) is -0.170. The molecule has 166 valence electrons. The fourth-order valence-corrected chi connectivity index (χ4v) is 3.92. The Balaban J connectivity index is 2.25. The molecule has 6 N–H and O–H groups in total. The van der Waals surface area contributed by atoms with Crippen molar-refractivity contribution in [1.29, 1.82) is 0 Å². The quantitative estimate of drug-likeness (QED) is 0.379. The molecule has 3 rings (SSSR count). The second-order valence-electron chi connectivity index (χ2n) is 6.91. The van der Waals surface area contributed by atoms with Gasteiger partial charge in [-0.3, -0.25) is 9.59 Å². The first kappa shape index (κ1) is 23.6. The number of nitrogens with two attached hydrogens (primary N) is 2. The predicted octanol–water partition coefficient (Wildman–Crippen LogP) is 2.85. The summed E-state index contributed by atoms with van der Waals surface area (Å²) in [6.45, 7) is -0.368. The van der Waals surface area contributed by atoms with E-state index in [4.69, 9.17) is 16.0 Å². The standard InChI is InChI=1S/C22H20BrN3O5S/c23-16-5-1-13(2-6-16)15-11-18(14-3-7-17(8-4-14)32(25,30)31)21(19(12-15)22(24)29)26-20(28)9-10-27/h1-8,11-12,27H,9-10H2,(H2,24,29)(H,26,28)(H2,25,30,31). The van der Waals surface area contributed by atoms with E-state index in [1.165, 1.54) is 24.3 Å². The molecule has 0 aliphatic heterocycles. The summed E-state index contributed by atoms with van der Waals surface area (Å²) >= 11 is 3.38. The number of rotatable bonds is 7. The Labute approximate surface area is 193 Å². The third kappa shape index (κ3) is 5.40. The van der Waals surface area contributed by atoms with Gasteiger partial charge in [0.1, 0.15) is 0 Å². The van der Waals surface area contributed by atoms with E-state index >= 15 is 0 Å². The smallest absolute Gasteiger partial charge is 0.250 e. The third-order valence-corrected chi connectivity index (χ3v) is 6.14. The highest BCUT2D eigenvalue weighted by Crippen LogP contribution is 2.37. The maximum atomic E-state index is 12.3. The molecule has 2 amide bonds. The first-order valence-electron chi connectivity index (χ1n) is 9.38. The molecule has 32 heavy (non-hydrogen) atoms. The summed E-state index contributed by atoms with van der Waals surface area (Å²) in [7, 11) is -3.89. The highest BCUT2D eigenvalue weighted by atomic mass is 79.9. The minimum atomic E-state index is -3.89. The van der Waals surface area contributed by atoms with Crippen molar-refractivity contribution in [2.75, 3.05) is 11.9 Å². The summed E-state index contributed by atoms with van der Waals surface area (Å²) in [5.41, 5.74) is 8.30. The lowest BCUT2D eigenvalue weighted by molar-refractivity contribution is -0.116. The van der Waals surface area contributed by atoms with Crippen molar-refractivity contribution in [3.05, 3.63) is 70.7 Å². The van der Waals surface area contributed by atoms with Crippen LogP contribution in [0.25, 0.3) is 22.3 Å². The summed E-state index contributed by atoms with van der Waals surface area (Å²) in [6, 6.07) is 16.4. The first-order valence-corrected chi connectivity index (χ1v) is 11.7. The summed E-state index contributed by atoms with van der Waals surface area (Å²) in [5, 5.41) is 16.9. The van der Waals surface area contributed by atoms with Crippen molar-refractivity contribution in [1.82, 2.24) is 0 Å². The van der Waals surface area contributed by atoms with Crippen molar-refractivity contribution in [2.24, 2.45) is 10.9 Å². The molecule has 0 aromatic heterocycles. The van der Waals surface area contributed by atoms with Crippen molar-refractivity contribution in [2.45, 2.75) is 11.3 Å². The molecular formula is C22H20BrN3O5S. The molecule has 0 radical (unpaired) electrons. The number of amides is 2. The Hall–Kier alpha value is -3.05. The maximum absolute atomic E-state index is 12.3. The number of halogens is 1. The minimum Gasteiger partial charge on any atom is -0.396 e. The largest absolute Gasteiger partial charge is 0.396 e. The molecule has 0 aliphatic carbocycles. The number of anilines is 1. The number of hydrogen-bond donors (Lipinski definition) is 4. The van der Waals surface area contributed by atoms with Gasteiger partial charge in [0.15, 0.2) is 0 Å². The zero-order valence-corrected chi connectivity index (χ0v) is 19.1. The van der Waals surface area contributed by atoms with Crippen LogP contribution in [0.3, 0.4) is 0 Å². The Morgan fingerprint density at radius 3 is 2.06 bits per heavy atom. The van der Waals surface area contributed by atoms with Crippen LogP contribution in [0.5, 0.6) is 0 Å². The average Bonchev–Trinajstić information content (AvgIpc) is 2.74. The second kappa shape index (κ2) is 9.61. The zero-order chi connectivity index (χ0) is 23.5. The number of aliphatic hydroxyl groups excluding tert-OH is 1. The summed E-state index contributed by atoms with van der Waals surface area (Å²) in [5.74, 6) is -1.26. The van der Waals surface area contributed by atoms with Gasteiger partial charge in [0, 0.05) is 10.0 Å². The van der Waals surface area contributed by atoms with Gasteiger partial charge in [-0.15, -0.1) is 0 Å². The molecule has 0 spiro atoms. The van der Waals surface area contributed by atoms with Gasteiger partial charge in [-0.25, -0.2) is 13.6 Å². The molecule has 3 aromatic carbocycles. The molecule has 3 aromatic rings. The lowest BCUT2D eigenvalue weighted by atomic mass is 9.93. The van der Waals surface area contributed by atoms with Gasteiger partial charge in [0.05, 0.1) is 29.2 Å². The molecule has 0 aliphatic rings. The number of carbonyl (C=O) groups excluding carboxylic acids is 2. The number of hydrogen-bond acceptors (Lipinski definition) is 5. The number of primary amides is 1. The number of carbonyl (C=O) groups is 2. The van der Waals surface area contributed by atoms with Crippen LogP contribution in [0.2, 0.25) is 0 Å². The monoisotopic (exact) mass is 517 g/mol. The number of benzene rings is 3. The van der Waals surface area contributed by atoms with E-state index in [2.05, 4.69) is 21.2 Å². The van der Waals surface area contributed by atoms with Crippen LogP contribution in [0.1, 0.15) is 16.8 Å². The van der Waals surface area contributed by atoms with Gasteiger partial charge in [0.25, 0.3) is 5.91 Å². The molecule has 10 heteroatoms. The van der Waals surface area contributed by atoms with E-state index in [1.807, 2.05) is 24.3 Å². The van der Waals surface area contributed by atoms with Crippen LogP contribution in [-0.4, -0.2) is 31.9 Å². The van der Waals surface area contributed by atoms with Crippen LogP contribution in [-0.2, 0) is 14.8 Å². The molecule has 0 unspecified atom stereocenters. The molecule has 0 heterocycles. The van der Waals surface area contributed by atoms with Crippen molar-refractivity contribution in [3.8, 4) is 22.3 Å². The molecule has 0 bridgehead atoms. The molecular weight excluding hydrogens is 498 g/mol. The molecule has 8 nitrogen and oxygen atoms in total. The van der Waals surface area contributed by atoms with Gasteiger partial charge in [-0.05, 0) is 53.1 Å². The minimum absolute atomic E-state index is 0.0715. The van der Waals surface area contributed by atoms with Crippen LogP contribution >= 0.6 is 15.9 Å². The molecule has 0 saturated heterocycles. The predicted molar refractivity (Wildman–Crippen MR) is 125 cm³/mol. The fraction of sp³-hybridized carbons (Fsp3) is 0.0909. The van der Waals surface area contributed by atoms with Crippen LogP contribution in [0.15, 0.2) is 70.0 Å². The lowest BCUT2D eigenvalue weighted by Gasteiger charge is -2.17. The lowest BCUT2D eigenvalue weighted by Crippen LogP contribution is -2.20. The third-order valence-electron chi connectivity index (χ3n) is 4.68. The van der Waals surface area contributed by atoms with E-state index in [9.17, 15) is 18.0 Å². The highest BCUT2D eigenvalue weighted by molar-refractivity contribution is 9.10. The van der Waals surface area contributed by atoms with E-state index in [-0.39, 0.29) is 29.2 Å². The van der Waals surface area contributed by atoms with E-state index in [0.717, 1.165) is 10.0 Å². The average molecular weight is 518 g/mol. The highest BCUT2D eigenvalue weighted by Gasteiger charge is 2.19. The maximum Gasteiger partial charge on any atom is 0.250 e. The Morgan fingerprint density at radius 2 is 1.53 bits per heavy atom. The van der Waals surface area contributed by atoms with Crippen LogP contribution in [0, 0.1) is 0 Å². The number of sulfonamides is 1. The molecule has 0 saturated carbocycles. The van der Waals surface area contributed by atoms with E-state index in [1.54, 1.807) is 12.1 Å². The van der Waals surface area contributed by atoms with E-state index in [0.29, 0.717) is 16.7 Å².